The quantitative estimate of drug-likeness (QED) is 0.177. The highest BCUT2D eigenvalue weighted by Gasteiger charge is 2.26. The summed E-state index contributed by atoms with van der Waals surface area (Å²) in [6, 6.07) is 56.7. The van der Waals surface area contributed by atoms with Gasteiger partial charge in [0.1, 0.15) is 0 Å². The molecule has 4 heteroatoms. The Labute approximate surface area is 285 Å². The molecule has 4 heterocycles. The summed E-state index contributed by atoms with van der Waals surface area (Å²) in [6.07, 6.45) is 0. The zero-order chi connectivity index (χ0) is 32.5. The molecule has 0 saturated carbocycles. The SMILES string of the molecule is c1ccc(-c2nc(-n3c4ccccc4c4c5c6ccccc6n6c7ccc8ccccc8c7c(cc43)c56)nc3ccc4ccccc4c23)cc1. The molecule has 0 N–H and O–H groups in total. The molecule has 0 aliphatic carbocycles. The summed E-state index contributed by atoms with van der Waals surface area (Å²) in [6.45, 7) is 0. The van der Waals surface area contributed by atoms with E-state index in [-0.39, 0.29) is 0 Å². The molecule has 0 spiro atoms. The van der Waals surface area contributed by atoms with E-state index >= 15 is 0 Å². The van der Waals surface area contributed by atoms with Crippen molar-refractivity contribution < 1.29 is 0 Å². The van der Waals surface area contributed by atoms with Gasteiger partial charge in [-0.2, -0.15) is 0 Å². The minimum Gasteiger partial charge on any atom is -0.308 e. The number of fused-ring (bicyclic) bond motifs is 15. The molecular weight excluding hydrogens is 609 g/mol. The van der Waals surface area contributed by atoms with Crippen LogP contribution in [0.5, 0.6) is 0 Å². The van der Waals surface area contributed by atoms with Gasteiger partial charge in [0, 0.05) is 43.3 Å². The molecule has 0 saturated heterocycles. The van der Waals surface area contributed by atoms with E-state index in [4.69, 9.17) is 9.97 Å². The standard InChI is InChI=1S/C46H26N4/c1-2-14-29(15-3-1)44-41-31-17-7-5-12-27(31)22-24-35(41)47-46(48-44)50-37-21-11-8-18-32(37)42-39(50)26-34-40-30-16-6-4-13-28(30)23-25-38(40)49-36-20-10-9-19-33(36)43(42)45(34)49/h1-26H. The highest BCUT2D eigenvalue weighted by atomic mass is 15.2. The summed E-state index contributed by atoms with van der Waals surface area (Å²) >= 11 is 0. The zero-order valence-corrected chi connectivity index (χ0v) is 26.8. The minimum absolute atomic E-state index is 0.671. The fraction of sp³-hybridized carbons (Fsp3) is 0. The van der Waals surface area contributed by atoms with Crippen LogP contribution in [-0.2, 0) is 0 Å². The van der Waals surface area contributed by atoms with Gasteiger partial charge in [0.25, 0.3) is 0 Å². The molecule has 0 unspecified atom stereocenters. The lowest BCUT2D eigenvalue weighted by molar-refractivity contribution is 1.02. The number of hydrogen-bond donors (Lipinski definition) is 0. The second-order valence-electron chi connectivity index (χ2n) is 13.3. The van der Waals surface area contributed by atoms with Crippen LogP contribution < -0.4 is 0 Å². The van der Waals surface area contributed by atoms with Crippen LogP contribution in [0, 0.1) is 0 Å². The van der Waals surface area contributed by atoms with Crippen LogP contribution >= 0.6 is 0 Å². The van der Waals surface area contributed by atoms with Gasteiger partial charge in [-0.25, -0.2) is 9.97 Å². The number of benzene rings is 8. The van der Waals surface area contributed by atoms with E-state index in [0.717, 1.165) is 38.6 Å². The highest BCUT2D eigenvalue weighted by molar-refractivity contribution is 6.37. The Balaban J connectivity index is 1.32. The Hall–Kier alpha value is -6.78. The first-order chi connectivity index (χ1) is 24.8. The minimum atomic E-state index is 0.671. The van der Waals surface area contributed by atoms with Crippen molar-refractivity contribution in [2.24, 2.45) is 0 Å². The molecular formula is C46H26N4. The van der Waals surface area contributed by atoms with Gasteiger partial charge >= 0.3 is 0 Å². The topological polar surface area (TPSA) is 35.1 Å². The lowest BCUT2D eigenvalue weighted by Crippen LogP contribution is -2.03. The van der Waals surface area contributed by atoms with Crippen molar-refractivity contribution >= 4 is 92.3 Å². The first-order valence-electron chi connectivity index (χ1n) is 17.1. The fourth-order valence-electron chi connectivity index (χ4n) is 8.79. The molecule has 12 aromatic rings. The maximum absolute atomic E-state index is 5.50. The number of nitrogens with zero attached hydrogens (tertiary/aromatic N) is 4. The third-order valence-electron chi connectivity index (χ3n) is 10.8. The van der Waals surface area contributed by atoms with Crippen LogP contribution in [-0.4, -0.2) is 18.9 Å². The molecule has 0 aliphatic heterocycles. The molecule has 0 bridgehead atoms. The van der Waals surface area contributed by atoms with Crippen molar-refractivity contribution in [3.05, 3.63) is 158 Å². The molecule has 12 rings (SSSR count). The average Bonchev–Trinajstić information content (AvgIpc) is 3.82. The van der Waals surface area contributed by atoms with Gasteiger partial charge < -0.3 is 4.40 Å². The van der Waals surface area contributed by atoms with E-state index in [1.165, 1.54) is 65.0 Å². The van der Waals surface area contributed by atoms with Gasteiger partial charge in [-0.3, -0.25) is 4.57 Å². The molecule has 0 aliphatic rings. The molecule has 50 heavy (non-hydrogen) atoms. The second-order valence-corrected chi connectivity index (χ2v) is 13.3. The van der Waals surface area contributed by atoms with Gasteiger partial charge in [-0.1, -0.05) is 127 Å². The van der Waals surface area contributed by atoms with E-state index in [1.807, 2.05) is 0 Å². The lowest BCUT2D eigenvalue weighted by Gasteiger charge is -2.13. The van der Waals surface area contributed by atoms with E-state index in [1.54, 1.807) is 0 Å². The maximum atomic E-state index is 5.50. The normalized spacial score (nSPS) is 12.4. The Morgan fingerprint density at radius 1 is 0.380 bits per heavy atom. The first-order valence-corrected chi connectivity index (χ1v) is 17.1. The molecule has 230 valence electrons. The number of rotatable bonds is 2. The van der Waals surface area contributed by atoms with E-state index in [2.05, 4.69) is 167 Å². The third kappa shape index (κ3) is 3.25. The molecule has 4 nitrogen and oxygen atoms in total. The van der Waals surface area contributed by atoms with Crippen LogP contribution in [0.15, 0.2) is 158 Å². The maximum Gasteiger partial charge on any atom is 0.235 e. The predicted octanol–water partition coefficient (Wildman–Crippen LogP) is 11.9. The van der Waals surface area contributed by atoms with Gasteiger partial charge in [0.2, 0.25) is 5.95 Å². The largest absolute Gasteiger partial charge is 0.308 e. The summed E-state index contributed by atoms with van der Waals surface area (Å²) in [7, 11) is 0. The summed E-state index contributed by atoms with van der Waals surface area (Å²) in [5.41, 5.74) is 8.86. The Morgan fingerprint density at radius 2 is 1.00 bits per heavy atom. The average molecular weight is 635 g/mol. The summed E-state index contributed by atoms with van der Waals surface area (Å²) in [5, 5.41) is 13.4. The Bertz CT molecular complexity index is 3370. The molecule has 0 radical (unpaired) electrons. The van der Waals surface area contributed by atoms with Crippen molar-refractivity contribution in [2.75, 3.05) is 0 Å². The van der Waals surface area contributed by atoms with Crippen molar-refractivity contribution in [1.29, 1.82) is 0 Å². The van der Waals surface area contributed by atoms with Crippen LogP contribution in [0.3, 0.4) is 0 Å². The number of hydrogen-bond acceptors (Lipinski definition) is 2. The zero-order valence-electron chi connectivity index (χ0n) is 26.8. The molecule has 0 amide bonds. The first kappa shape index (κ1) is 26.2. The Kier molecular flexibility index (Phi) is 4.94. The highest BCUT2D eigenvalue weighted by Crippen LogP contribution is 2.48. The Morgan fingerprint density at radius 3 is 1.78 bits per heavy atom. The van der Waals surface area contributed by atoms with Crippen molar-refractivity contribution in [2.45, 2.75) is 0 Å². The van der Waals surface area contributed by atoms with Gasteiger partial charge in [0.15, 0.2) is 0 Å². The molecule has 8 aromatic carbocycles. The van der Waals surface area contributed by atoms with E-state index in [9.17, 15) is 0 Å². The molecule has 4 aromatic heterocycles. The van der Waals surface area contributed by atoms with Crippen LogP contribution in [0.25, 0.3) is 110 Å². The van der Waals surface area contributed by atoms with Crippen LogP contribution in [0.4, 0.5) is 0 Å². The van der Waals surface area contributed by atoms with E-state index < -0.39 is 0 Å². The number of aromatic nitrogens is 4. The van der Waals surface area contributed by atoms with Crippen molar-refractivity contribution in [3.8, 4) is 17.2 Å². The van der Waals surface area contributed by atoms with Gasteiger partial charge in [-0.15, -0.1) is 0 Å². The van der Waals surface area contributed by atoms with Gasteiger partial charge in [0.05, 0.1) is 38.8 Å². The van der Waals surface area contributed by atoms with Crippen LogP contribution in [0.2, 0.25) is 0 Å². The van der Waals surface area contributed by atoms with Crippen molar-refractivity contribution in [3.63, 3.8) is 0 Å². The second kappa shape index (κ2) is 9.43. The fourth-order valence-corrected chi connectivity index (χ4v) is 8.79. The summed E-state index contributed by atoms with van der Waals surface area (Å²) < 4.78 is 4.79. The third-order valence-corrected chi connectivity index (χ3v) is 10.8. The van der Waals surface area contributed by atoms with Crippen LogP contribution in [0.1, 0.15) is 0 Å². The summed E-state index contributed by atoms with van der Waals surface area (Å²) in [5.74, 6) is 0.671. The van der Waals surface area contributed by atoms with Gasteiger partial charge in [-0.05, 0) is 51.9 Å². The molecule has 0 atom stereocenters. The van der Waals surface area contributed by atoms with Crippen molar-refractivity contribution in [1.82, 2.24) is 18.9 Å². The predicted molar refractivity (Wildman–Crippen MR) is 209 cm³/mol. The lowest BCUT2D eigenvalue weighted by atomic mass is 9.99. The molecule has 0 fully saturated rings. The monoisotopic (exact) mass is 634 g/mol. The van der Waals surface area contributed by atoms with E-state index in [0.29, 0.717) is 5.95 Å². The summed E-state index contributed by atoms with van der Waals surface area (Å²) in [4.78, 5) is 10.9. The number of para-hydroxylation sites is 2. The smallest absolute Gasteiger partial charge is 0.235 e.